The van der Waals surface area contributed by atoms with E-state index in [1.807, 2.05) is 40.6 Å². The topological polar surface area (TPSA) is 83.8 Å². The first-order chi connectivity index (χ1) is 16.4. The summed E-state index contributed by atoms with van der Waals surface area (Å²) >= 11 is 1.70. The number of thiophene rings is 1. The van der Waals surface area contributed by atoms with Crippen molar-refractivity contribution in [2.45, 2.75) is 19.4 Å². The Balaban J connectivity index is 1.61. The lowest BCUT2D eigenvalue weighted by Crippen LogP contribution is -2.46. The number of hydrogen-bond donors (Lipinski definition) is 0. The molecule has 4 rings (SSSR count). The molecule has 1 unspecified atom stereocenters. The van der Waals surface area contributed by atoms with Gasteiger partial charge in [0, 0.05) is 35.2 Å². The summed E-state index contributed by atoms with van der Waals surface area (Å²) in [5, 5.41) is 13.4. The van der Waals surface area contributed by atoms with Crippen molar-refractivity contribution < 1.29 is 14.5 Å². The molecule has 3 aromatic rings. The standard InChI is InChI=1S/C26H25N3O4S/c1-3-13-27(26(31)20-10-9-18(2)22(16-20)29(32)33)17-24(30)28-14-11-23-21(12-15-34-23)25(28)19-7-5-4-6-8-19/h3-10,12,15-16,25H,1,11,13-14,17H2,2H3. The van der Waals surface area contributed by atoms with Gasteiger partial charge in [0.25, 0.3) is 11.6 Å². The fourth-order valence-electron chi connectivity index (χ4n) is 4.33. The van der Waals surface area contributed by atoms with Crippen LogP contribution in [0.5, 0.6) is 0 Å². The molecule has 0 radical (unpaired) electrons. The molecule has 0 aliphatic carbocycles. The van der Waals surface area contributed by atoms with Crippen molar-refractivity contribution in [3.8, 4) is 0 Å². The van der Waals surface area contributed by atoms with Crippen LogP contribution in [0, 0.1) is 17.0 Å². The normalized spacial score (nSPS) is 14.9. The molecule has 1 aliphatic heterocycles. The molecule has 7 nitrogen and oxygen atoms in total. The van der Waals surface area contributed by atoms with Crippen molar-refractivity contribution in [1.82, 2.24) is 9.80 Å². The van der Waals surface area contributed by atoms with Gasteiger partial charge in [-0.1, -0.05) is 42.5 Å². The Morgan fingerprint density at radius 2 is 2.00 bits per heavy atom. The molecular formula is C26H25N3O4S. The molecule has 0 fully saturated rings. The van der Waals surface area contributed by atoms with Gasteiger partial charge in [-0.15, -0.1) is 17.9 Å². The Morgan fingerprint density at radius 3 is 2.71 bits per heavy atom. The van der Waals surface area contributed by atoms with Crippen LogP contribution >= 0.6 is 11.3 Å². The molecule has 8 heteroatoms. The molecular weight excluding hydrogens is 450 g/mol. The summed E-state index contributed by atoms with van der Waals surface area (Å²) in [5.74, 6) is -0.622. The number of fused-ring (bicyclic) bond motifs is 1. The van der Waals surface area contributed by atoms with Crippen LogP contribution in [0.4, 0.5) is 5.69 Å². The van der Waals surface area contributed by atoms with Gasteiger partial charge in [-0.05, 0) is 42.0 Å². The minimum Gasteiger partial charge on any atom is -0.330 e. The van der Waals surface area contributed by atoms with E-state index in [1.165, 1.54) is 15.8 Å². The Hall–Kier alpha value is -3.78. The number of amides is 2. The van der Waals surface area contributed by atoms with Gasteiger partial charge in [0.1, 0.15) is 6.54 Å². The second kappa shape index (κ2) is 10.0. The Morgan fingerprint density at radius 1 is 1.24 bits per heavy atom. The predicted octanol–water partition coefficient (Wildman–Crippen LogP) is 4.77. The highest BCUT2D eigenvalue weighted by Gasteiger charge is 2.34. The van der Waals surface area contributed by atoms with E-state index in [0.29, 0.717) is 12.1 Å². The van der Waals surface area contributed by atoms with Crippen LogP contribution in [-0.2, 0) is 11.2 Å². The van der Waals surface area contributed by atoms with Crippen molar-refractivity contribution in [3.05, 3.63) is 110 Å². The van der Waals surface area contributed by atoms with E-state index in [0.717, 1.165) is 17.5 Å². The maximum atomic E-state index is 13.6. The van der Waals surface area contributed by atoms with Gasteiger partial charge in [0.2, 0.25) is 5.91 Å². The Labute approximate surface area is 202 Å². The summed E-state index contributed by atoms with van der Waals surface area (Å²) in [6.45, 7) is 5.90. The predicted molar refractivity (Wildman–Crippen MR) is 132 cm³/mol. The smallest absolute Gasteiger partial charge is 0.273 e. The van der Waals surface area contributed by atoms with Crippen LogP contribution in [0.3, 0.4) is 0 Å². The summed E-state index contributed by atoms with van der Waals surface area (Å²) in [5.41, 5.74) is 2.65. The van der Waals surface area contributed by atoms with Crippen molar-refractivity contribution in [1.29, 1.82) is 0 Å². The third-order valence-electron chi connectivity index (χ3n) is 6.02. The number of nitro benzene ring substituents is 1. The first-order valence-corrected chi connectivity index (χ1v) is 11.8. The Kier molecular flexibility index (Phi) is 6.88. The number of carbonyl (C=O) groups is 2. The van der Waals surface area contributed by atoms with Gasteiger partial charge in [-0.25, -0.2) is 0 Å². The van der Waals surface area contributed by atoms with E-state index in [2.05, 4.69) is 12.6 Å². The third kappa shape index (κ3) is 4.63. The first-order valence-electron chi connectivity index (χ1n) is 11.0. The molecule has 2 amide bonds. The minimum atomic E-state index is -0.508. The van der Waals surface area contributed by atoms with Crippen LogP contribution in [0.2, 0.25) is 0 Å². The first kappa shape index (κ1) is 23.4. The molecule has 0 bridgehead atoms. The quantitative estimate of drug-likeness (QED) is 0.280. The lowest BCUT2D eigenvalue weighted by molar-refractivity contribution is -0.385. The average molecular weight is 476 g/mol. The van der Waals surface area contributed by atoms with Crippen LogP contribution in [-0.4, -0.2) is 46.2 Å². The number of nitrogens with zero attached hydrogens (tertiary/aromatic N) is 3. The second-order valence-electron chi connectivity index (χ2n) is 8.18. The average Bonchev–Trinajstić information content (AvgIpc) is 3.32. The maximum absolute atomic E-state index is 13.6. The molecule has 1 aliphatic rings. The molecule has 174 valence electrons. The molecule has 1 aromatic heterocycles. The highest BCUT2D eigenvalue weighted by Crippen LogP contribution is 2.37. The fourth-order valence-corrected chi connectivity index (χ4v) is 5.23. The van der Waals surface area contributed by atoms with E-state index < -0.39 is 10.8 Å². The molecule has 0 saturated heterocycles. The highest BCUT2D eigenvalue weighted by molar-refractivity contribution is 7.10. The number of hydrogen-bond acceptors (Lipinski definition) is 5. The van der Waals surface area contributed by atoms with Gasteiger partial charge in [-0.3, -0.25) is 19.7 Å². The second-order valence-corrected chi connectivity index (χ2v) is 9.18. The van der Waals surface area contributed by atoms with Gasteiger partial charge < -0.3 is 9.80 Å². The zero-order chi connectivity index (χ0) is 24.2. The molecule has 34 heavy (non-hydrogen) atoms. The van der Waals surface area contributed by atoms with E-state index >= 15 is 0 Å². The highest BCUT2D eigenvalue weighted by atomic mass is 32.1. The summed E-state index contributed by atoms with van der Waals surface area (Å²) in [6.07, 6.45) is 2.32. The largest absolute Gasteiger partial charge is 0.330 e. The van der Waals surface area contributed by atoms with Crippen LogP contribution in [0.25, 0.3) is 0 Å². The SMILES string of the molecule is C=CCN(CC(=O)N1CCc2sccc2C1c1ccccc1)C(=O)c1ccc(C)c([N+](=O)[O-])c1. The summed E-state index contributed by atoms with van der Waals surface area (Å²) < 4.78 is 0. The van der Waals surface area contributed by atoms with Gasteiger partial charge in [0.15, 0.2) is 0 Å². The monoisotopic (exact) mass is 475 g/mol. The molecule has 0 N–H and O–H groups in total. The molecule has 2 aromatic carbocycles. The van der Waals surface area contributed by atoms with Crippen LogP contribution in [0.15, 0.2) is 72.6 Å². The van der Waals surface area contributed by atoms with Crippen LogP contribution in [0.1, 0.15) is 38.0 Å². The van der Waals surface area contributed by atoms with E-state index in [1.54, 1.807) is 36.5 Å². The maximum Gasteiger partial charge on any atom is 0.273 e. The number of benzene rings is 2. The number of nitro groups is 1. The number of aryl methyl sites for hydroxylation is 1. The minimum absolute atomic E-state index is 0.124. The van der Waals surface area contributed by atoms with E-state index in [-0.39, 0.29) is 36.3 Å². The molecule has 1 atom stereocenters. The zero-order valence-electron chi connectivity index (χ0n) is 18.8. The Bertz CT molecular complexity index is 1240. The van der Waals surface area contributed by atoms with Gasteiger partial charge in [-0.2, -0.15) is 0 Å². The summed E-state index contributed by atoms with van der Waals surface area (Å²) in [6, 6.07) is 16.1. The van der Waals surface area contributed by atoms with Crippen molar-refractivity contribution in [3.63, 3.8) is 0 Å². The van der Waals surface area contributed by atoms with Crippen molar-refractivity contribution in [2.75, 3.05) is 19.6 Å². The number of rotatable bonds is 7. The van der Waals surface area contributed by atoms with E-state index in [4.69, 9.17) is 0 Å². The fraction of sp³-hybridized carbons (Fsp3) is 0.231. The molecule has 0 spiro atoms. The lowest BCUT2D eigenvalue weighted by Gasteiger charge is -2.37. The molecule has 0 saturated carbocycles. The summed E-state index contributed by atoms with van der Waals surface area (Å²) in [7, 11) is 0. The van der Waals surface area contributed by atoms with Gasteiger partial charge in [0.05, 0.1) is 11.0 Å². The third-order valence-corrected chi connectivity index (χ3v) is 7.01. The van der Waals surface area contributed by atoms with Crippen molar-refractivity contribution >= 4 is 28.8 Å². The summed E-state index contributed by atoms with van der Waals surface area (Å²) in [4.78, 5) is 42.1. The van der Waals surface area contributed by atoms with Crippen LogP contribution < -0.4 is 0 Å². The van der Waals surface area contributed by atoms with E-state index in [9.17, 15) is 19.7 Å². The van der Waals surface area contributed by atoms with Crippen molar-refractivity contribution in [2.24, 2.45) is 0 Å². The lowest BCUT2D eigenvalue weighted by atomic mass is 9.93. The number of carbonyl (C=O) groups excluding carboxylic acids is 2. The zero-order valence-corrected chi connectivity index (χ0v) is 19.7. The van der Waals surface area contributed by atoms with Gasteiger partial charge >= 0.3 is 0 Å². The molecule has 2 heterocycles.